The number of allylic oxidation sites excluding steroid dienone is 3. The molecule has 0 spiro atoms. The van der Waals surface area contributed by atoms with Crippen molar-refractivity contribution in [3.8, 4) is 0 Å². The van der Waals surface area contributed by atoms with E-state index >= 15 is 0 Å². The van der Waals surface area contributed by atoms with Crippen LogP contribution in [0, 0.1) is 34.5 Å². The van der Waals surface area contributed by atoms with Crippen molar-refractivity contribution in [1.29, 1.82) is 0 Å². The maximum absolute atomic E-state index is 11.6. The maximum Gasteiger partial charge on any atom is 0.303 e. The van der Waals surface area contributed by atoms with Gasteiger partial charge in [-0.25, -0.2) is 0 Å². The molecule has 5 aliphatic rings. The summed E-state index contributed by atoms with van der Waals surface area (Å²) in [6.45, 7) is 8.72. The van der Waals surface area contributed by atoms with Crippen LogP contribution in [0.5, 0.6) is 0 Å². The van der Waals surface area contributed by atoms with Gasteiger partial charge in [0, 0.05) is 38.9 Å². The van der Waals surface area contributed by atoms with E-state index in [0.29, 0.717) is 23.7 Å². The van der Waals surface area contributed by atoms with E-state index in [-0.39, 0.29) is 41.4 Å². The molecular weight excluding hydrogens is 392 g/mol. The molecule has 0 amide bonds. The number of carbonyl (C=O) groups excluding carboxylic acids is 1. The molecule has 31 heavy (non-hydrogen) atoms. The Morgan fingerprint density at radius 2 is 1.87 bits per heavy atom. The zero-order chi connectivity index (χ0) is 22.1. The van der Waals surface area contributed by atoms with Crippen molar-refractivity contribution in [3.63, 3.8) is 0 Å². The summed E-state index contributed by atoms with van der Waals surface area (Å²) >= 11 is 0. The Morgan fingerprint density at radius 3 is 2.55 bits per heavy atom. The standard InChI is InChI=1S/C26H38O5/c1-14(24(28-5)29-6)18-9-10-19-17-8-7-16-13-21(30-15(2)27)22-23(31-22)26(16,4)20(17)11-12-25(18,19)3/h7-8,14,18-24H,9-13H2,1-6H3/t14?,18-,19+,20+,21?,22?,23?,25-,26+/m1/s1. The van der Waals surface area contributed by atoms with Crippen LogP contribution in [-0.4, -0.2) is 44.8 Å². The normalized spacial score (nSPS) is 46.2. The molecule has 4 aliphatic carbocycles. The number of esters is 1. The SMILES string of the molecule is COC(OC)C(C)[C@H]1CC[C@H]2C3=CC=C4CC(OC(C)=O)C5OC5[C@]4(C)[C@H]3CC[C@]12C. The largest absolute Gasteiger partial charge is 0.459 e. The van der Waals surface area contributed by atoms with Gasteiger partial charge in [-0.1, -0.05) is 44.1 Å². The Kier molecular flexibility index (Phi) is 5.19. The van der Waals surface area contributed by atoms with Gasteiger partial charge in [0.25, 0.3) is 0 Å². The molecule has 0 aromatic heterocycles. The first kappa shape index (κ1) is 21.7. The van der Waals surface area contributed by atoms with Crippen molar-refractivity contribution in [2.75, 3.05) is 14.2 Å². The predicted octanol–water partition coefficient (Wildman–Crippen LogP) is 4.66. The second-order valence-corrected chi connectivity index (χ2v) is 11.0. The van der Waals surface area contributed by atoms with Gasteiger partial charge < -0.3 is 18.9 Å². The Labute approximate surface area is 186 Å². The Morgan fingerprint density at radius 1 is 1.13 bits per heavy atom. The van der Waals surface area contributed by atoms with Crippen molar-refractivity contribution in [2.24, 2.45) is 34.5 Å². The highest BCUT2D eigenvalue weighted by atomic mass is 16.7. The number of hydrogen-bond donors (Lipinski definition) is 0. The third-order valence-corrected chi connectivity index (χ3v) is 9.83. The summed E-state index contributed by atoms with van der Waals surface area (Å²) in [6, 6.07) is 0. The lowest BCUT2D eigenvalue weighted by Crippen LogP contribution is -2.50. The highest BCUT2D eigenvalue weighted by Gasteiger charge is 2.67. The quantitative estimate of drug-likeness (QED) is 0.361. The third kappa shape index (κ3) is 3.02. The van der Waals surface area contributed by atoms with Gasteiger partial charge in [0.1, 0.15) is 12.2 Å². The fourth-order valence-corrected chi connectivity index (χ4v) is 8.31. The number of carbonyl (C=O) groups is 1. The first-order chi connectivity index (χ1) is 14.8. The number of fused-ring (bicyclic) bond motifs is 7. The first-order valence-corrected chi connectivity index (χ1v) is 12.0. The Hall–Kier alpha value is -1.17. The van der Waals surface area contributed by atoms with E-state index in [0.717, 1.165) is 6.42 Å². The molecule has 5 rings (SSSR count). The Balaban J connectivity index is 1.43. The molecule has 0 aromatic carbocycles. The van der Waals surface area contributed by atoms with Gasteiger partial charge in [-0.05, 0) is 48.9 Å². The molecular formula is C26H38O5. The molecule has 3 saturated carbocycles. The van der Waals surface area contributed by atoms with Crippen molar-refractivity contribution in [1.82, 2.24) is 0 Å². The van der Waals surface area contributed by atoms with Crippen LogP contribution in [0.1, 0.15) is 59.8 Å². The van der Waals surface area contributed by atoms with E-state index in [1.165, 1.54) is 38.2 Å². The Bertz CT molecular complexity index is 813. The predicted molar refractivity (Wildman–Crippen MR) is 117 cm³/mol. The summed E-state index contributed by atoms with van der Waals surface area (Å²) in [5.74, 6) is 1.93. The van der Waals surface area contributed by atoms with Crippen LogP contribution in [0.25, 0.3) is 0 Å². The van der Waals surface area contributed by atoms with E-state index in [1.54, 1.807) is 19.8 Å². The van der Waals surface area contributed by atoms with Crippen molar-refractivity contribution >= 4 is 5.97 Å². The number of ether oxygens (including phenoxy) is 4. The minimum atomic E-state index is -0.208. The zero-order valence-corrected chi connectivity index (χ0v) is 19.9. The molecule has 0 aromatic rings. The second-order valence-electron chi connectivity index (χ2n) is 11.0. The molecule has 9 atom stereocenters. The van der Waals surface area contributed by atoms with Crippen molar-refractivity contribution in [2.45, 2.75) is 84.4 Å². The summed E-state index contributed by atoms with van der Waals surface area (Å²) < 4.78 is 23.1. The van der Waals surface area contributed by atoms with Crippen LogP contribution in [0.3, 0.4) is 0 Å². The molecule has 172 valence electrons. The van der Waals surface area contributed by atoms with Gasteiger partial charge in [-0.15, -0.1) is 0 Å². The molecule has 0 N–H and O–H groups in total. The van der Waals surface area contributed by atoms with E-state index < -0.39 is 0 Å². The first-order valence-electron chi connectivity index (χ1n) is 12.0. The van der Waals surface area contributed by atoms with Crippen LogP contribution in [0.4, 0.5) is 0 Å². The van der Waals surface area contributed by atoms with Crippen LogP contribution in [0.15, 0.2) is 23.3 Å². The molecule has 4 fully saturated rings. The van der Waals surface area contributed by atoms with Crippen LogP contribution < -0.4 is 0 Å². The molecule has 1 aliphatic heterocycles. The molecule has 4 unspecified atom stereocenters. The molecule has 0 radical (unpaired) electrons. The van der Waals surface area contributed by atoms with Gasteiger partial charge in [-0.2, -0.15) is 0 Å². The second kappa shape index (κ2) is 7.43. The summed E-state index contributed by atoms with van der Waals surface area (Å²) in [5, 5.41) is 0. The summed E-state index contributed by atoms with van der Waals surface area (Å²) in [7, 11) is 3.51. The number of hydrogen-bond acceptors (Lipinski definition) is 5. The fourth-order valence-electron chi connectivity index (χ4n) is 8.31. The minimum Gasteiger partial charge on any atom is -0.459 e. The highest BCUT2D eigenvalue weighted by Crippen LogP contribution is 2.68. The summed E-state index contributed by atoms with van der Waals surface area (Å²) in [5.41, 5.74) is 3.38. The lowest BCUT2D eigenvalue weighted by molar-refractivity contribution is -0.156. The molecule has 0 bridgehead atoms. The summed E-state index contributed by atoms with van der Waals surface area (Å²) in [4.78, 5) is 11.6. The van der Waals surface area contributed by atoms with Crippen molar-refractivity contribution < 1.29 is 23.7 Å². The number of rotatable bonds is 5. The van der Waals surface area contributed by atoms with Crippen molar-refractivity contribution in [3.05, 3.63) is 23.3 Å². The maximum atomic E-state index is 11.6. The fraction of sp³-hybridized carbons (Fsp3) is 0.808. The molecule has 1 heterocycles. The van der Waals surface area contributed by atoms with Gasteiger partial charge in [-0.3, -0.25) is 4.79 Å². The topological polar surface area (TPSA) is 57.3 Å². The molecule has 5 nitrogen and oxygen atoms in total. The van der Waals surface area contributed by atoms with E-state index in [9.17, 15) is 4.79 Å². The smallest absolute Gasteiger partial charge is 0.303 e. The third-order valence-electron chi connectivity index (χ3n) is 9.83. The minimum absolute atomic E-state index is 0.0397. The zero-order valence-electron chi connectivity index (χ0n) is 19.9. The highest BCUT2D eigenvalue weighted by molar-refractivity contribution is 5.66. The summed E-state index contributed by atoms with van der Waals surface area (Å²) in [6.07, 6.45) is 10.5. The lowest BCUT2D eigenvalue weighted by atomic mass is 9.50. The van der Waals surface area contributed by atoms with Gasteiger partial charge in [0.15, 0.2) is 6.29 Å². The van der Waals surface area contributed by atoms with Gasteiger partial charge in [0.05, 0.1) is 6.10 Å². The average Bonchev–Trinajstić information content (AvgIpc) is 3.46. The molecule has 1 saturated heterocycles. The average molecular weight is 431 g/mol. The van der Waals surface area contributed by atoms with Crippen LogP contribution >= 0.6 is 0 Å². The molecule has 5 heteroatoms. The van der Waals surface area contributed by atoms with Gasteiger partial charge in [0.2, 0.25) is 0 Å². The van der Waals surface area contributed by atoms with E-state index in [4.69, 9.17) is 18.9 Å². The van der Waals surface area contributed by atoms with E-state index in [2.05, 4.69) is 32.9 Å². The number of epoxide rings is 1. The number of methoxy groups -OCH3 is 2. The monoisotopic (exact) mass is 430 g/mol. The van der Waals surface area contributed by atoms with Crippen LogP contribution in [0.2, 0.25) is 0 Å². The van der Waals surface area contributed by atoms with E-state index in [1.807, 2.05) is 0 Å². The van der Waals surface area contributed by atoms with Crippen LogP contribution in [-0.2, 0) is 23.7 Å². The lowest BCUT2D eigenvalue weighted by Gasteiger charge is -2.54. The van der Waals surface area contributed by atoms with Gasteiger partial charge >= 0.3 is 5.97 Å².